The van der Waals surface area contributed by atoms with Crippen molar-refractivity contribution in [1.29, 1.82) is 0 Å². The number of aryl methyl sites for hydroxylation is 1. The minimum atomic E-state index is -3.35. The first-order valence-corrected chi connectivity index (χ1v) is 8.65. The second-order valence-corrected chi connectivity index (χ2v) is 7.95. The molecule has 0 radical (unpaired) electrons. The maximum atomic E-state index is 12.6. The van der Waals surface area contributed by atoms with Gasteiger partial charge in [0.15, 0.2) is 9.84 Å². The quantitative estimate of drug-likeness (QED) is 0.780. The van der Waals surface area contributed by atoms with Gasteiger partial charge < -0.3 is 4.90 Å². The zero-order valence-corrected chi connectivity index (χ0v) is 12.8. The number of sulfone groups is 1. The van der Waals surface area contributed by atoms with Crippen LogP contribution in [0.5, 0.6) is 0 Å². The first-order valence-electron chi connectivity index (χ1n) is 7.10. The number of hydrogen-bond acceptors (Lipinski definition) is 4. The smallest absolute Gasteiger partial charge is 0.274 e. The largest absolute Gasteiger partial charge is 0.335 e. The summed E-state index contributed by atoms with van der Waals surface area (Å²) < 4.78 is 26.8. The standard InChI is InChI=1S/C15H15N3O3S/c1-17-7-6-12(16-17)15(19)18-8-11-10-4-2-3-5-13(10)22(20,21)14(11)9-18/h2-7,11,14H,8-9H2,1H3/t11-,14+/m0/s1. The Bertz CT molecular complexity index is 872. The van der Waals surface area contributed by atoms with Crippen LogP contribution < -0.4 is 0 Å². The Labute approximate surface area is 128 Å². The van der Waals surface area contributed by atoms with E-state index in [-0.39, 0.29) is 18.4 Å². The molecule has 0 spiro atoms. The molecule has 2 aliphatic rings. The van der Waals surface area contributed by atoms with Crippen LogP contribution >= 0.6 is 0 Å². The van der Waals surface area contributed by atoms with E-state index in [0.717, 1.165) is 5.56 Å². The molecule has 2 aliphatic heterocycles. The summed E-state index contributed by atoms with van der Waals surface area (Å²) in [7, 11) is -1.60. The van der Waals surface area contributed by atoms with E-state index in [1.807, 2.05) is 12.1 Å². The zero-order valence-electron chi connectivity index (χ0n) is 12.0. The van der Waals surface area contributed by atoms with E-state index in [9.17, 15) is 13.2 Å². The fourth-order valence-electron chi connectivity index (χ4n) is 3.45. The van der Waals surface area contributed by atoms with Gasteiger partial charge in [0.05, 0.1) is 10.1 Å². The highest BCUT2D eigenvalue weighted by atomic mass is 32.2. The molecule has 1 aromatic carbocycles. The minimum absolute atomic E-state index is 0.131. The highest BCUT2D eigenvalue weighted by Crippen LogP contribution is 2.44. The Morgan fingerprint density at radius 3 is 2.73 bits per heavy atom. The van der Waals surface area contributed by atoms with Crippen molar-refractivity contribution >= 4 is 15.7 Å². The number of amides is 1. The Hall–Kier alpha value is -2.15. The van der Waals surface area contributed by atoms with Crippen LogP contribution in [0.15, 0.2) is 41.4 Å². The number of carbonyl (C=O) groups is 1. The summed E-state index contributed by atoms with van der Waals surface area (Å²) in [5.41, 5.74) is 1.19. The summed E-state index contributed by atoms with van der Waals surface area (Å²) in [6.07, 6.45) is 1.70. The molecular formula is C15H15N3O3S. The summed E-state index contributed by atoms with van der Waals surface area (Å²) in [6, 6.07) is 8.76. The van der Waals surface area contributed by atoms with Crippen molar-refractivity contribution < 1.29 is 13.2 Å². The second-order valence-electron chi connectivity index (χ2n) is 5.81. The predicted octanol–water partition coefficient (Wildman–Crippen LogP) is 0.816. The van der Waals surface area contributed by atoms with E-state index in [4.69, 9.17) is 0 Å². The molecule has 1 aromatic heterocycles. The highest BCUT2D eigenvalue weighted by molar-refractivity contribution is 7.92. The lowest BCUT2D eigenvalue weighted by Crippen LogP contribution is -2.32. The Morgan fingerprint density at radius 2 is 2.00 bits per heavy atom. The summed E-state index contributed by atoms with van der Waals surface area (Å²) >= 11 is 0. The lowest BCUT2D eigenvalue weighted by atomic mass is 9.99. The Kier molecular flexibility index (Phi) is 2.72. The van der Waals surface area contributed by atoms with Crippen molar-refractivity contribution in [3.63, 3.8) is 0 Å². The van der Waals surface area contributed by atoms with E-state index in [1.165, 1.54) is 0 Å². The molecule has 1 amide bonds. The number of nitrogens with zero attached hydrogens (tertiary/aromatic N) is 3. The molecule has 3 heterocycles. The van der Waals surface area contributed by atoms with Gasteiger partial charge in [-0.15, -0.1) is 0 Å². The number of rotatable bonds is 1. The van der Waals surface area contributed by atoms with Crippen LogP contribution in [-0.4, -0.2) is 47.3 Å². The van der Waals surface area contributed by atoms with Crippen molar-refractivity contribution in [2.24, 2.45) is 7.05 Å². The second kappa shape index (κ2) is 4.42. The Balaban J connectivity index is 1.68. The van der Waals surface area contributed by atoms with E-state index in [0.29, 0.717) is 17.1 Å². The molecule has 0 unspecified atom stereocenters. The van der Waals surface area contributed by atoms with Gasteiger partial charge in [-0.05, 0) is 17.7 Å². The van der Waals surface area contributed by atoms with Gasteiger partial charge in [0.1, 0.15) is 5.69 Å². The first kappa shape index (κ1) is 13.5. The monoisotopic (exact) mass is 317 g/mol. The first-order chi connectivity index (χ1) is 10.5. The molecule has 0 bridgehead atoms. The number of hydrogen-bond donors (Lipinski definition) is 0. The number of aromatic nitrogens is 2. The molecular weight excluding hydrogens is 302 g/mol. The van der Waals surface area contributed by atoms with Crippen LogP contribution in [0, 0.1) is 0 Å². The molecule has 1 fully saturated rings. The van der Waals surface area contributed by atoms with Crippen molar-refractivity contribution in [1.82, 2.24) is 14.7 Å². The van der Waals surface area contributed by atoms with Gasteiger partial charge in [-0.25, -0.2) is 8.42 Å². The van der Waals surface area contributed by atoms with Gasteiger partial charge in [0.2, 0.25) is 0 Å². The third kappa shape index (κ3) is 1.75. The van der Waals surface area contributed by atoms with Gasteiger partial charge in [-0.3, -0.25) is 9.48 Å². The van der Waals surface area contributed by atoms with Crippen LogP contribution in [0.2, 0.25) is 0 Å². The van der Waals surface area contributed by atoms with E-state index in [2.05, 4.69) is 5.10 Å². The number of benzene rings is 1. The average Bonchev–Trinajstić information content (AvgIpc) is 3.16. The average molecular weight is 317 g/mol. The van der Waals surface area contributed by atoms with Crippen LogP contribution in [-0.2, 0) is 16.9 Å². The van der Waals surface area contributed by atoms with Crippen LogP contribution in [0.3, 0.4) is 0 Å². The maximum Gasteiger partial charge on any atom is 0.274 e. The highest BCUT2D eigenvalue weighted by Gasteiger charge is 2.51. The summed E-state index contributed by atoms with van der Waals surface area (Å²) in [5, 5.41) is 3.58. The molecule has 0 saturated carbocycles. The molecule has 0 aliphatic carbocycles. The normalized spacial score (nSPS) is 25.0. The number of carbonyl (C=O) groups excluding carboxylic acids is 1. The van der Waals surface area contributed by atoms with Crippen molar-refractivity contribution in [2.75, 3.05) is 13.1 Å². The Morgan fingerprint density at radius 1 is 1.23 bits per heavy atom. The fourth-order valence-corrected chi connectivity index (χ4v) is 5.64. The van der Waals surface area contributed by atoms with E-state index >= 15 is 0 Å². The molecule has 0 N–H and O–H groups in total. The van der Waals surface area contributed by atoms with E-state index < -0.39 is 15.1 Å². The summed E-state index contributed by atoms with van der Waals surface area (Å²) in [5.74, 6) is -0.337. The molecule has 6 nitrogen and oxygen atoms in total. The predicted molar refractivity (Wildman–Crippen MR) is 79.3 cm³/mol. The van der Waals surface area contributed by atoms with Gasteiger partial charge in [0, 0.05) is 32.3 Å². The van der Waals surface area contributed by atoms with Crippen LogP contribution in [0.4, 0.5) is 0 Å². The molecule has 1 saturated heterocycles. The SMILES string of the molecule is Cn1ccc(C(=O)N2C[C@@H]3[C@@H](C2)c2ccccc2S3(=O)=O)n1. The molecule has 4 rings (SSSR count). The van der Waals surface area contributed by atoms with Crippen LogP contribution in [0.25, 0.3) is 0 Å². The molecule has 2 atom stereocenters. The van der Waals surface area contributed by atoms with Crippen molar-refractivity contribution in [2.45, 2.75) is 16.1 Å². The zero-order chi connectivity index (χ0) is 15.5. The third-order valence-corrected chi connectivity index (χ3v) is 6.77. The molecule has 7 heteroatoms. The minimum Gasteiger partial charge on any atom is -0.335 e. The van der Waals surface area contributed by atoms with Gasteiger partial charge in [-0.1, -0.05) is 18.2 Å². The molecule has 114 valence electrons. The van der Waals surface area contributed by atoms with Gasteiger partial charge >= 0.3 is 0 Å². The van der Waals surface area contributed by atoms with Crippen molar-refractivity contribution in [3.8, 4) is 0 Å². The maximum absolute atomic E-state index is 12.6. The molecule has 22 heavy (non-hydrogen) atoms. The topological polar surface area (TPSA) is 72.3 Å². The summed E-state index contributed by atoms with van der Waals surface area (Å²) in [4.78, 5) is 14.5. The summed E-state index contributed by atoms with van der Waals surface area (Å²) in [6.45, 7) is 0.660. The lowest BCUT2D eigenvalue weighted by Gasteiger charge is -2.16. The van der Waals surface area contributed by atoms with Gasteiger partial charge in [0.25, 0.3) is 5.91 Å². The fraction of sp³-hybridized carbons (Fsp3) is 0.333. The number of likely N-dealkylation sites (tertiary alicyclic amines) is 1. The lowest BCUT2D eigenvalue weighted by molar-refractivity contribution is 0.0784. The van der Waals surface area contributed by atoms with Crippen LogP contribution in [0.1, 0.15) is 22.0 Å². The van der Waals surface area contributed by atoms with E-state index in [1.54, 1.807) is 41.0 Å². The number of fused-ring (bicyclic) bond motifs is 3. The van der Waals surface area contributed by atoms with Crippen molar-refractivity contribution in [3.05, 3.63) is 47.8 Å². The molecule has 2 aromatic rings. The van der Waals surface area contributed by atoms with Gasteiger partial charge in [-0.2, -0.15) is 5.10 Å². The third-order valence-electron chi connectivity index (χ3n) is 4.51.